The lowest BCUT2D eigenvalue weighted by molar-refractivity contribution is 1.10. The van der Waals surface area contributed by atoms with Crippen LogP contribution in [0.1, 0.15) is 20.3 Å². The first kappa shape index (κ1) is 9.76. The van der Waals surface area contributed by atoms with E-state index in [1.807, 2.05) is 21.6 Å². The van der Waals surface area contributed by atoms with Crippen LogP contribution in [0.5, 0.6) is 0 Å². The molecule has 0 rings (SSSR count). The molecule has 0 aliphatic rings. The first-order valence-corrected chi connectivity index (χ1v) is 5.64. The van der Waals surface area contributed by atoms with Crippen LogP contribution >= 0.6 is 21.6 Å². The van der Waals surface area contributed by atoms with Crippen molar-refractivity contribution in [2.24, 2.45) is 0 Å². The van der Waals surface area contributed by atoms with Crippen LogP contribution < -0.4 is 0 Å². The van der Waals surface area contributed by atoms with Gasteiger partial charge in [-0.3, -0.25) is 0 Å². The molecule has 3 heteroatoms. The first-order chi connectivity index (χ1) is 4.27. The minimum Gasteiger partial charge on any atom is -0.0939 e. The Balaban J connectivity index is 2.75. The van der Waals surface area contributed by atoms with Gasteiger partial charge in [-0.2, -0.15) is 0 Å². The van der Waals surface area contributed by atoms with Gasteiger partial charge in [0.1, 0.15) is 0 Å². The zero-order valence-electron chi connectivity index (χ0n) is 6.09. The Morgan fingerprint density at radius 3 is 2.56 bits per heavy atom. The maximum absolute atomic E-state index is 5.32. The van der Waals surface area contributed by atoms with Gasteiger partial charge in [-0.15, -0.1) is 0 Å². The van der Waals surface area contributed by atoms with Gasteiger partial charge in [0, 0.05) is 11.0 Å². The van der Waals surface area contributed by atoms with E-state index in [2.05, 4.69) is 13.8 Å². The number of hydrogen-bond donors (Lipinski definition) is 0. The summed E-state index contributed by atoms with van der Waals surface area (Å²) in [6.07, 6.45) is 1.97. The van der Waals surface area contributed by atoms with E-state index in [4.69, 9.17) is 7.85 Å². The van der Waals surface area contributed by atoms with Crippen molar-refractivity contribution in [3.05, 3.63) is 0 Å². The molecule has 2 radical (unpaired) electrons. The van der Waals surface area contributed by atoms with Crippen LogP contribution in [0.3, 0.4) is 0 Å². The monoisotopic (exact) mass is 160 g/mol. The van der Waals surface area contributed by atoms with E-state index in [0.717, 1.165) is 18.0 Å². The van der Waals surface area contributed by atoms with Gasteiger partial charge in [0.05, 0.1) is 7.85 Å². The minimum atomic E-state index is 0.743. The largest absolute Gasteiger partial charge is 0.0939 e. The van der Waals surface area contributed by atoms with Crippen LogP contribution in [-0.2, 0) is 0 Å². The molecule has 0 unspecified atom stereocenters. The minimum absolute atomic E-state index is 0.743. The van der Waals surface area contributed by atoms with Crippen molar-refractivity contribution >= 4 is 29.4 Å². The molecule has 0 fully saturated rings. The van der Waals surface area contributed by atoms with E-state index < -0.39 is 0 Å². The molecule has 0 spiro atoms. The molecule has 0 bridgehead atoms. The van der Waals surface area contributed by atoms with Crippen LogP contribution in [0, 0.1) is 0 Å². The van der Waals surface area contributed by atoms with E-state index >= 15 is 0 Å². The summed E-state index contributed by atoms with van der Waals surface area (Å²) in [5, 5.41) is 0.743. The fourth-order valence-corrected chi connectivity index (χ4v) is 2.44. The van der Waals surface area contributed by atoms with E-state index in [-0.39, 0.29) is 0 Å². The fraction of sp³-hybridized carbons (Fsp3) is 1.00. The Morgan fingerprint density at radius 2 is 2.11 bits per heavy atom. The van der Waals surface area contributed by atoms with Crippen LogP contribution in [0.2, 0.25) is 6.32 Å². The van der Waals surface area contributed by atoms with Crippen molar-refractivity contribution in [3.63, 3.8) is 0 Å². The van der Waals surface area contributed by atoms with Gasteiger partial charge in [-0.25, -0.2) is 0 Å². The summed E-state index contributed by atoms with van der Waals surface area (Å²) in [7, 11) is 9.18. The molecule has 9 heavy (non-hydrogen) atoms. The molecular formula is C6H13BS2. The van der Waals surface area contributed by atoms with Crippen molar-refractivity contribution in [2.45, 2.75) is 31.8 Å². The summed E-state index contributed by atoms with van der Waals surface area (Å²) in [5.41, 5.74) is 0. The fourth-order valence-electron chi connectivity index (χ4n) is 0.326. The predicted octanol–water partition coefficient (Wildman–Crippen LogP) is 2.75. The summed E-state index contributed by atoms with van der Waals surface area (Å²) in [5.74, 6) is 1.19. The van der Waals surface area contributed by atoms with E-state index in [1.54, 1.807) is 0 Å². The SMILES string of the molecule is [B]CCCSSC(C)C. The molecule has 0 aromatic carbocycles. The standard InChI is InChI=1S/C6H13BS2/c1-6(2)9-8-5-3-4-7/h6H,3-5H2,1-2H3. The highest BCUT2D eigenvalue weighted by Gasteiger charge is 1.92. The van der Waals surface area contributed by atoms with Gasteiger partial charge >= 0.3 is 0 Å². The van der Waals surface area contributed by atoms with E-state index in [0.29, 0.717) is 0 Å². The summed E-state index contributed by atoms with van der Waals surface area (Å²) in [4.78, 5) is 0. The average Bonchev–Trinajstić information content (AvgIpc) is 1.80. The van der Waals surface area contributed by atoms with Crippen LogP contribution in [0.4, 0.5) is 0 Å². The molecule has 0 saturated carbocycles. The Bertz CT molecular complexity index is 57.0. The predicted molar refractivity (Wildman–Crippen MR) is 50.4 cm³/mol. The Morgan fingerprint density at radius 1 is 1.44 bits per heavy atom. The summed E-state index contributed by atoms with van der Waals surface area (Å²) in [6, 6.07) is 0. The molecule has 0 nitrogen and oxygen atoms in total. The zero-order valence-corrected chi connectivity index (χ0v) is 7.73. The third-order valence-corrected chi connectivity index (χ3v) is 3.73. The van der Waals surface area contributed by atoms with Gasteiger partial charge in [-0.05, 0) is 0 Å². The lowest BCUT2D eigenvalue weighted by atomic mass is 10.0. The smallest absolute Gasteiger partial charge is 0.0653 e. The average molecular weight is 160 g/mol. The molecule has 0 aliphatic carbocycles. The molecule has 52 valence electrons. The third-order valence-electron chi connectivity index (χ3n) is 0.692. The highest BCUT2D eigenvalue weighted by atomic mass is 33.1. The summed E-state index contributed by atoms with van der Waals surface area (Å²) >= 11 is 0. The second-order valence-electron chi connectivity index (χ2n) is 2.11. The van der Waals surface area contributed by atoms with Crippen LogP contribution in [0.25, 0.3) is 0 Å². The quantitative estimate of drug-likeness (QED) is 0.344. The summed E-state index contributed by atoms with van der Waals surface area (Å²) in [6.45, 7) is 4.42. The Labute approximate surface area is 67.4 Å². The number of rotatable bonds is 5. The molecule has 0 aromatic heterocycles. The third kappa shape index (κ3) is 8.76. The molecule has 0 N–H and O–H groups in total. The van der Waals surface area contributed by atoms with E-state index in [9.17, 15) is 0 Å². The molecule has 0 aliphatic heterocycles. The zero-order chi connectivity index (χ0) is 7.11. The van der Waals surface area contributed by atoms with E-state index in [1.165, 1.54) is 5.75 Å². The molecule has 0 aromatic rings. The molecule has 0 heterocycles. The van der Waals surface area contributed by atoms with Gasteiger partial charge in [0.25, 0.3) is 0 Å². The van der Waals surface area contributed by atoms with Crippen molar-refractivity contribution in [1.29, 1.82) is 0 Å². The van der Waals surface area contributed by atoms with Crippen molar-refractivity contribution in [1.82, 2.24) is 0 Å². The van der Waals surface area contributed by atoms with Crippen molar-refractivity contribution in [2.75, 3.05) is 5.75 Å². The van der Waals surface area contributed by atoms with Crippen LogP contribution in [-0.4, -0.2) is 18.8 Å². The van der Waals surface area contributed by atoms with Gasteiger partial charge < -0.3 is 0 Å². The Kier molecular flexibility index (Phi) is 7.46. The highest BCUT2D eigenvalue weighted by Crippen LogP contribution is 2.26. The maximum Gasteiger partial charge on any atom is 0.0653 e. The first-order valence-electron chi connectivity index (χ1n) is 3.25. The van der Waals surface area contributed by atoms with Gasteiger partial charge in [-0.1, -0.05) is 48.2 Å². The molecule has 0 atom stereocenters. The molecule has 0 amide bonds. The van der Waals surface area contributed by atoms with Crippen molar-refractivity contribution < 1.29 is 0 Å². The summed E-state index contributed by atoms with van der Waals surface area (Å²) < 4.78 is 0. The lowest BCUT2D eigenvalue weighted by Crippen LogP contribution is -1.82. The lowest BCUT2D eigenvalue weighted by Gasteiger charge is -2.01. The maximum atomic E-state index is 5.32. The second kappa shape index (κ2) is 6.88. The van der Waals surface area contributed by atoms with Crippen LogP contribution in [0.15, 0.2) is 0 Å². The van der Waals surface area contributed by atoms with Crippen molar-refractivity contribution in [3.8, 4) is 0 Å². The topological polar surface area (TPSA) is 0 Å². The highest BCUT2D eigenvalue weighted by molar-refractivity contribution is 8.76. The molecule has 0 saturated heterocycles. The Hall–Kier alpha value is 0.765. The van der Waals surface area contributed by atoms with Gasteiger partial charge in [0.15, 0.2) is 0 Å². The number of hydrogen-bond acceptors (Lipinski definition) is 2. The van der Waals surface area contributed by atoms with Gasteiger partial charge in [0.2, 0.25) is 0 Å². The second-order valence-corrected chi connectivity index (χ2v) is 5.17. The molecular weight excluding hydrogens is 147 g/mol. The normalized spacial score (nSPS) is 10.6.